The SMILES string of the molecule is C[C@H]1CC[C@H](CO)CN1c1ncc(OCc2c(Cl)cccc2Cl)cn1. The first kappa shape index (κ1) is 18.2. The summed E-state index contributed by atoms with van der Waals surface area (Å²) in [5.74, 6) is 1.50. The van der Waals surface area contributed by atoms with E-state index in [0.29, 0.717) is 27.8 Å². The van der Waals surface area contributed by atoms with Gasteiger partial charge in [0.15, 0.2) is 5.75 Å². The molecule has 2 aromatic rings. The summed E-state index contributed by atoms with van der Waals surface area (Å²) in [6.07, 6.45) is 5.37. The molecule has 1 N–H and O–H groups in total. The van der Waals surface area contributed by atoms with Crippen molar-refractivity contribution in [2.45, 2.75) is 32.4 Å². The molecule has 1 aromatic carbocycles. The van der Waals surface area contributed by atoms with Crippen LogP contribution >= 0.6 is 23.2 Å². The molecule has 3 rings (SSSR count). The number of nitrogens with zero attached hydrogens (tertiary/aromatic N) is 3. The van der Waals surface area contributed by atoms with Crippen LogP contribution < -0.4 is 9.64 Å². The van der Waals surface area contributed by atoms with E-state index in [1.807, 2.05) is 0 Å². The van der Waals surface area contributed by atoms with E-state index in [-0.39, 0.29) is 19.1 Å². The number of aromatic nitrogens is 2. The molecule has 0 amide bonds. The predicted octanol–water partition coefficient (Wildman–Crippen LogP) is 3.96. The van der Waals surface area contributed by atoms with Crippen molar-refractivity contribution >= 4 is 29.2 Å². The van der Waals surface area contributed by atoms with E-state index < -0.39 is 0 Å². The van der Waals surface area contributed by atoms with Crippen LogP contribution in [-0.4, -0.2) is 34.3 Å². The molecule has 0 radical (unpaired) electrons. The third-order valence-electron chi connectivity index (χ3n) is 4.55. The van der Waals surface area contributed by atoms with E-state index >= 15 is 0 Å². The van der Waals surface area contributed by atoms with Gasteiger partial charge in [0.1, 0.15) is 6.61 Å². The fourth-order valence-corrected chi connectivity index (χ4v) is 3.47. The number of hydrogen-bond donors (Lipinski definition) is 1. The average Bonchev–Trinajstić information content (AvgIpc) is 2.62. The van der Waals surface area contributed by atoms with Gasteiger partial charge < -0.3 is 14.7 Å². The van der Waals surface area contributed by atoms with Crippen LogP contribution in [0, 0.1) is 5.92 Å². The Kier molecular flexibility index (Phi) is 5.99. The number of rotatable bonds is 5. The number of aliphatic hydroxyl groups excluding tert-OH is 1. The van der Waals surface area contributed by atoms with Gasteiger partial charge in [0.05, 0.1) is 12.4 Å². The van der Waals surface area contributed by atoms with Crippen molar-refractivity contribution in [3.63, 3.8) is 0 Å². The fourth-order valence-electron chi connectivity index (χ4n) is 2.97. The number of ether oxygens (including phenoxy) is 1. The molecule has 0 unspecified atom stereocenters. The second-order valence-electron chi connectivity index (χ2n) is 6.33. The second kappa shape index (κ2) is 8.21. The molecule has 5 nitrogen and oxygen atoms in total. The van der Waals surface area contributed by atoms with Gasteiger partial charge in [-0.1, -0.05) is 29.3 Å². The number of halogens is 2. The summed E-state index contributed by atoms with van der Waals surface area (Å²) in [5, 5.41) is 10.5. The Bertz CT molecular complexity index is 692. The zero-order valence-electron chi connectivity index (χ0n) is 14.0. The van der Waals surface area contributed by atoms with Gasteiger partial charge in [-0.05, 0) is 37.8 Å². The maximum atomic E-state index is 9.40. The van der Waals surface area contributed by atoms with Crippen LogP contribution in [0.1, 0.15) is 25.3 Å². The summed E-state index contributed by atoms with van der Waals surface area (Å²) in [6, 6.07) is 5.71. The summed E-state index contributed by atoms with van der Waals surface area (Å²) in [6.45, 7) is 3.38. The Labute approximate surface area is 157 Å². The number of benzene rings is 1. The quantitative estimate of drug-likeness (QED) is 0.848. The van der Waals surface area contributed by atoms with E-state index in [1.54, 1.807) is 30.6 Å². The third kappa shape index (κ3) is 4.35. The molecule has 2 heterocycles. The maximum Gasteiger partial charge on any atom is 0.225 e. The Hall–Kier alpha value is -1.56. The van der Waals surface area contributed by atoms with Gasteiger partial charge in [0.2, 0.25) is 5.95 Å². The van der Waals surface area contributed by atoms with Gasteiger partial charge in [0.25, 0.3) is 0 Å². The molecule has 1 aromatic heterocycles. The standard InChI is InChI=1S/C18H21Cl2N3O2/c1-12-5-6-13(10-24)9-23(12)18-21-7-14(8-22-18)25-11-15-16(19)3-2-4-17(15)20/h2-4,7-8,12-13,24H,5-6,9-11H2,1H3/t12-,13-/m0/s1. The normalized spacial score (nSPS) is 20.6. The molecule has 2 atom stereocenters. The second-order valence-corrected chi connectivity index (χ2v) is 7.15. The Morgan fingerprint density at radius 3 is 2.52 bits per heavy atom. The highest BCUT2D eigenvalue weighted by molar-refractivity contribution is 6.35. The summed E-state index contributed by atoms with van der Waals surface area (Å²) in [5.41, 5.74) is 0.741. The number of hydrogen-bond acceptors (Lipinski definition) is 5. The zero-order valence-corrected chi connectivity index (χ0v) is 15.5. The lowest BCUT2D eigenvalue weighted by atomic mass is 9.94. The van der Waals surface area contributed by atoms with Crippen molar-refractivity contribution in [2.75, 3.05) is 18.1 Å². The molecular formula is C18H21Cl2N3O2. The van der Waals surface area contributed by atoms with Crippen molar-refractivity contribution in [3.05, 3.63) is 46.2 Å². The minimum Gasteiger partial charge on any atom is -0.486 e. The molecule has 0 aliphatic carbocycles. The van der Waals surface area contributed by atoms with Crippen LogP contribution in [0.15, 0.2) is 30.6 Å². The Morgan fingerprint density at radius 1 is 1.20 bits per heavy atom. The Balaban J connectivity index is 1.66. The van der Waals surface area contributed by atoms with Crippen molar-refractivity contribution in [1.82, 2.24) is 9.97 Å². The predicted molar refractivity (Wildman–Crippen MR) is 99.4 cm³/mol. The molecule has 7 heteroatoms. The van der Waals surface area contributed by atoms with Crippen LogP contribution in [0.3, 0.4) is 0 Å². The first-order valence-electron chi connectivity index (χ1n) is 8.33. The molecule has 1 aliphatic heterocycles. The van der Waals surface area contributed by atoms with Gasteiger partial charge in [-0.25, -0.2) is 9.97 Å². The topological polar surface area (TPSA) is 58.5 Å². The van der Waals surface area contributed by atoms with Crippen molar-refractivity contribution in [2.24, 2.45) is 5.92 Å². The lowest BCUT2D eigenvalue weighted by Crippen LogP contribution is -2.43. The zero-order chi connectivity index (χ0) is 17.8. The summed E-state index contributed by atoms with van der Waals surface area (Å²) in [7, 11) is 0. The summed E-state index contributed by atoms with van der Waals surface area (Å²) in [4.78, 5) is 11.0. The van der Waals surface area contributed by atoms with E-state index in [2.05, 4.69) is 21.8 Å². The van der Waals surface area contributed by atoms with Gasteiger partial charge in [-0.15, -0.1) is 0 Å². The molecule has 0 spiro atoms. The fraction of sp³-hybridized carbons (Fsp3) is 0.444. The monoisotopic (exact) mass is 381 g/mol. The third-order valence-corrected chi connectivity index (χ3v) is 5.26. The molecular weight excluding hydrogens is 361 g/mol. The van der Waals surface area contributed by atoms with Crippen LogP contribution in [0.4, 0.5) is 5.95 Å². The first-order chi connectivity index (χ1) is 12.1. The molecule has 1 aliphatic rings. The van der Waals surface area contributed by atoms with Crippen molar-refractivity contribution in [1.29, 1.82) is 0 Å². The van der Waals surface area contributed by atoms with Crippen molar-refractivity contribution in [3.8, 4) is 5.75 Å². The number of piperidine rings is 1. The van der Waals surface area contributed by atoms with Gasteiger partial charge in [-0.3, -0.25) is 0 Å². The highest BCUT2D eigenvalue weighted by Crippen LogP contribution is 2.27. The molecule has 0 saturated carbocycles. The minimum absolute atomic E-state index is 0.197. The average molecular weight is 382 g/mol. The van der Waals surface area contributed by atoms with Gasteiger partial charge in [-0.2, -0.15) is 0 Å². The number of aliphatic hydroxyl groups is 1. The van der Waals surface area contributed by atoms with Crippen LogP contribution in [0.2, 0.25) is 10.0 Å². The highest BCUT2D eigenvalue weighted by atomic mass is 35.5. The van der Waals surface area contributed by atoms with E-state index in [9.17, 15) is 5.11 Å². The lowest BCUT2D eigenvalue weighted by molar-refractivity contribution is 0.199. The summed E-state index contributed by atoms with van der Waals surface area (Å²) < 4.78 is 5.71. The number of anilines is 1. The summed E-state index contributed by atoms with van der Waals surface area (Å²) >= 11 is 12.3. The molecule has 1 fully saturated rings. The molecule has 134 valence electrons. The van der Waals surface area contributed by atoms with Crippen molar-refractivity contribution < 1.29 is 9.84 Å². The van der Waals surface area contributed by atoms with E-state index in [1.165, 1.54) is 0 Å². The lowest BCUT2D eigenvalue weighted by Gasteiger charge is -2.37. The van der Waals surface area contributed by atoms with Crippen LogP contribution in [0.25, 0.3) is 0 Å². The van der Waals surface area contributed by atoms with Gasteiger partial charge in [0, 0.05) is 34.8 Å². The largest absolute Gasteiger partial charge is 0.486 e. The van der Waals surface area contributed by atoms with E-state index in [4.69, 9.17) is 27.9 Å². The minimum atomic E-state index is 0.197. The molecule has 1 saturated heterocycles. The van der Waals surface area contributed by atoms with Gasteiger partial charge >= 0.3 is 0 Å². The molecule has 25 heavy (non-hydrogen) atoms. The van der Waals surface area contributed by atoms with Crippen LogP contribution in [-0.2, 0) is 6.61 Å². The smallest absolute Gasteiger partial charge is 0.225 e. The first-order valence-corrected chi connectivity index (χ1v) is 9.09. The maximum absolute atomic E-state index is 9.40. The Morgan fingerprint density at radius 2 is 1.88 bits per heavy atom. The van der Waals surface area contributed by atoms with E-state index in [0.717, 1.165) is 24.9 Å². The highest BCUT2D eigenvalue weighted by Gasteiger charge is 2.26. The molecule has 0 bridgehead atoms. The van der Waals surface area contributed by atoms with Crippen LogP contribution in [0.5, 0.6) is 5.75 Å².